The summed E-state index contributed by atoms with van der Waals surface area (Å²) in [6.45, 7) is 10.5. The average molecular weight is 251 g/mol. The molecule has 0 N–H and O–H groups in total. The van der Waals surface area contributed by atoms with Gasteiger partial charge in [0.2, 0.25) is 0 Å². The normalized spacial score (nSPS) is 34.3. The van der Waals surface area contributed by atoms with Crippen LogP contribution in [0, 0.1) is 11.8 Å². The largest absolute Gasteiger partial charge is 0.324 e. The second kappa shape index (κ2) is 4.72. The number of nitrogens with zero attached hydrogens (tertiary/aromatic N) is 3. The lowest BCUT2D eigenvalue weighted by molar-refractivity contribution is 0.160. The molecule has 3 fully saturated rings. The molecule has 2 aliphatic heterocycles. The van der Waals surface area contributed by atoms with Crippen LogP contribution in [-0.4, -0.2) is 66.0 Å². The molecule has 0 radical (unpaired) electrons. The molecular formula is C14H25N3O. The molecule has 3 rings (SSSR count). The molecule has 3 atom stereocenters. The maximum absolute atomic E-state index is 12.4. The molecule has 0 aromatic heterocycles. The van der Waals surface area contributed by atoms with E-state index in [0.717, 1.165) is 57.5 Å². The van der Waals surface area contributed by atoms with Gasteiger partial charge in [-0.15, -0.1) is 0 Å². The SMILES string of the molecule is CCN(CC)C1CCN(C(=O)N2CC3CC3C2)C1. The molecule has 4 nitrogen and oxygen atoms in total. The van der Waals surface area contributed by atoms with Gasteiger partial charge in [0, 0.05) is 32.2 Å². The summed E-state index contributed by atoms with van der Waals surface area (Å²) >= 11 is 0. The lowest BCUT2D eigenvalue weighted by atomic mass is 10.2. The van der Waals surface area contributed by atoms with Crippen molar-refractivity contribution < 1.29 is 4.79 Å². The summed E-state index contributed by atoms with van der Waals surface area (Å²) in [7, 11) is 0. The zero-order valence-corrected chi connectivity index (χ0v) is 11.6. The van der Waals surface area contributed by atoms with Gasteiger partial charge in [-0.2, -0.15) is 0 Å². The fraction of sp³-hybridized carbons (Fsp3) is 0.929. The minimum Gasteiger partial charge on any atom is -0.324 e. The van der Waals surface area contributed by atoms with E-state index in [1.165, 1.54) is 6.42 Å². The predicted molar refractivity (Wildman–Crippen MR) is 71.5 cm³/mol. The Morgan fingerprint density at radius 2 is 1.78 bits per heavy atom. The summed E-state index contributed by atoms with van der Waals surface area (Å²) in [5.74, 6) is 1.69. The molecule has 1 aliphatic carbocycles. The van der Waals surface area contributed by atoms with Gasteiger partial charge in [-0.3, -0.25) is 4.90 Å². The highest BCUT2D eigenvalue weighted by Gasteiger charge is 2.47. The number of carbonyl (C=O) groups is 1. The lowest BCUT2D eigenvalue weighted by Gasteiger charge is -2.28. The maximum Gasteiger partial charge on any atom is 0.320 e. The molecule has 3 aliphatic rings. The van der Waals surface area contributed by atoms with Gasteiger partial charge in [-0.1, -0.05) is 13.8 Å². The highest BCUT2D eigenvalue weighted by molar-refractivity contribution is 5.75. The molecule has 2 heterocycles. The molecule has 3 unspecified atom stereocenters. The molecular weight excluding hydrogens is 226 g/mol. The molecule has 18 heavy (non-hydrogen) atoms. The minimum atomic E-state index is 0.303. The van der Waals surface area contributed by atoms with E-state index in [-0.39, 0.29) is 0 Å². The number of likely N-dealkylation sites (tertiary alicyclic amines) is 2. The van der Waals surface area contributed by atoms with Gasteiger partial charge in [-0.05, 0) is 37.8 Å². The van der Waals surface area contributed by atoms with Crippen molar-refractivity contribution in [1.82, 2.24) is 14.7 Å². The molecule has 0 aromatic rings. The van der Waals surface area contributed by atoms with Crippen molar-refractivity contribution in [2.24, 2.45) is 11.8 Å². The van der Waals surface area contributed by atoms with Gasteiger partial charge in [0.25, 0.3) is 0 Å². The van der Waals surface area contributed by atoms with Crippen molar-refractivity contribution in [1.29, 1.82) is 0 Å². The highest BCUT2D eigenvalue weighted by atomic mass is 16.2. The molecule has 0 spiro atoms. The third-order valence-corrected chi connectivity index (χ3v) is 5.01. The van der Waals surface area contributed by atoms with Crippen LogP contribution in [-0.2, 0) is 0 Å². The van der Waals surface area contributed by atoms with Crippen LogP contribution in [0.15, 0.2) is 0 Å². The summed E-state index contributed by atoms with van der Waals surface area (Å²) in [5.41, 5.74) is 0. The lowest BCUT2D eigenvalue weighted by Crippen LogP contribution is -2.44. The number of urea groups is 1. The van der Waals surface area contributed by atoms with Crippen LogP contribution in [0.3, 0.4) is 0 Å². The van der Waals surface area contributed by atoms with E-state index in [1.54, 1.807) is 0 Å². The number of piperidine rings is 1. The average Bonchev–Trinajstić information content (AvgIpc) is 2.83. The van der Waals surface area contributed by atoms with Gasteiger partial charge in [0.15, 0.2) is 0 Å². The molecule has 0 aromatic carbocycles. The van der Waals surface area contributed by atoms with Crippen molar-refractivity contribution >= 4 is 6.03 Å². The third-order valence-electron chi connectivity index (χ3n) is 5.01. The van der Waals surface area contributed by atoms with Crippen molar-refractivity contribution in [2.75, 3.05) is 39.3 Å². The maximum atomic E-state index is 12.4. The molecule has 2 saturated heterocycles. The van der Waals surface area contributed by atoms with Gasteiger partial charge in [0.05, 0.1) is 0 Å². The van der Waals surface area contributed by atoms with E-state index in [4.69, 9.17) is 0 Å². The van der Waals surface area contributed by atoms with E-state index < -0.39 is 0 Å². The zero-order valence-electron chi connectivity index (χ0n) is 11.6. The van der Waals surface area contributed by atoms with Crippen molar-refractivity contribution in [3.63, 3.8) is 0 Å². The van der Waals surface area contributed by atoms with Gasteiger partial charge >= 0.3 is 6.03 Å². The smallest absolute Gasteiger partial charge is 0.320 e. The van der Waals surface area contributed by atoms with Gasteiger partial charge in [0.1, 0.15) is 0 Å². The fourth-order valence-corrected chi connectivity index (χ4v) is 3.71. The summed E-state index contributed by atoms with van der Waals surface area (Å²) in [4.78, 5) is 19.0. The van der Waals surface area contributed by atoms with Crippen LogP contribution >= 0.6 is 0 Å². The number of carbonyl (C=O) groups excluding carboxylic acids is 1. The second-order valence-corrected chi connectivity index (χ2v) is 6.05. The number of hydrogen-bond donors (Lipinski definition) is 0. The van der Waals surface area contributed by atoms with Gasteiger partial charge in [-0.25, -0.2) is 4.79 Å². The molecule has 2 amide bonds. The summed E-state index contributed by atoms with van der Waals surface area (Å²) in [6, 6.07) is 0.887. The number of hydrogen-bond acceptors (Lipinski definition) is 2. The van der Waals surface area contributed by atoms with Crippen molar-refractivity contribution in [3.05, 3.63) is 0 Å². The first kappa shape index (κ1) is 12.3. The Hall–Kier alpha value is -0.770. The quantitative estimate of drug-likeness (QED) is 0.759. The fourth-order valence-electron chi connectivity index (χ4n) is 3.71. The van der Waals surface area contributed by atoms with Crippen molar-refractivity contribution in [3.8, 4) is 0 Å². The summed E-state index contributed by atoms with van der Waals surface area (Å²) < 4.78 is 0. The Bertz CT molecular complexity index is 319. The Kier molecular flexibility index (Phi) is 3.22. The predicted octanol–water partition coefficient (Wildman–Crippen LogP) is 1.47. The topological polar surface area (TPSA) is 26.8 Å². The first-order valence-corrected chi connectivity index (χ1v) is 7.50. The van der Waals surface area contributed by atoms with E-state index in [2.05, 4.69) is 28.5 Å². The van der Waals surface area contributed by atoms with Crippen LogP contribution in [0.5, 0.6) is 0 Å². The molecule has 1 saturated carbocycles. The minimum absolute atomic E-state index is 0.303. The molecule has 102 valence electrons. The van der Waals surface area contributed by atoms with Crippen LogP contribution < -0.4 is 0 Å². The molecule has 4 heteroatoms. The Morgan fingerprint density at radius 1 is 1.11 bits per heavy atom. The Balaban J connectivity index is 1.53. The van der Waals surface area contributed by atoms with E-state index >= 15 is 0 Å². The van der Waals surface area contributed by atoms with Crippen LogP contribution in [0.2, 0.25) is 0 Å². The standard InChI is InChI=1S/C14H25N3O/c1-3-15(4-2)13-5-6-16(10-13)14(18)17-8-11-7-12(11)9-17/h11-13H,3-10H2,1-2H3. The highest BCUT2D eigenvalue weighted by Crippen LogP contribution is 2.45. The van der Waals surface area contributed by atoms with E-state index in [9.17, 15) is 4.79 Å². The second-order valence-electron chi connectivity index (χ2n) is 6.05. The third kappa shape index (κ3) is 2.11. The number of fused-ring (bicyclic) bond motifs is 1. The van der Waals surface area contributed by atoms with Crippen LogP contribution in [0.1, 0.15) is 26.7 Å². The van der Waals surface area contributed by atoms with Crippen LogP contribution in [0.25, 0.3) is 0 Å². The summed E-state index contributed by atoms with van der Waals surface area (Å²) in [5, 5.41) is 0. The zero-order chi connectivity index (χ0) is 12.7. The van der Waals surface area contributed by atoms with E-state index in [0.29, 0.717) is 12.1 Å². The van der Waals surface area contributed by atoms with Crippen LogP contribution in [0.4, 0.5) is 4.79 Å². The first-order valence-electron chi connectivity index (χ1n) is 7.50. The van der Waals surface area contributed by atoms with Crippen molar-refractivity contribution in [2.45, 2.75) is 32.7 Å². The Morgan fingerprint density at radius 3 is 2.39 bits per heavy atom. The molecule has 0 bridgehead atoms. The monoisotopic (exact) mass is 251 g/mol. The van der Waals surface area contributed by atoms with E-state index in [1.807, 2.05) is 0 Å². The number of rotatable bonds is 3. The first-order chi connectivity index (χ1) is 8.72. The van der Waals surface area contributed by atoms with Gasteiger partial charge < -0.3 is 9.80 Å². The number of amides is 2. The summed E-state index contributed by atoms with van der Waals surface area (Å²) in [6.07, 6.45) is 2.51. The Labute approximate surface area is 110 Å². The number of likely N-dealkylation sites (N-methyl/N-ethyl adjacent to an activating group) is 1.